The van der Waals surface area contributed by atoms with Crippen LogP contribution in [0.1, 0.15) is 39.5 Å². The van der Waals surface area contributed by atoms with Crippen molar-refractivity contribution < 1.29 is 9.53 Å². The number of hydrogen-bond donors (Lipinski definition) is 1. The highest BCUT2D eigenvalue weighted by Crippen LogP contribution is 2.73. The van der Waals surface area contributed by atoms with Crippen LogP contribution in [0, 0.1) is 11.3 Å². The van der Waals surface area contributed by atoms with Gasteiger partial charge in [-0.3, -0.25) is 4.79 Å². The van der Waals surface area contributed by atoms with Crippen molar-refractivity contribution in [3.63, 3.8) is 0 Å². The van der Waals surface area contributed by atoms with Crippen LogP contribution >= 0.6 is 0 Å². The minimum absolute atomic E-state index is 0.0466. The van der Waals surface area contributed by atoms with Crippen LogP contribution in [0.15, 0.2) is 24.8 Å². The summed E-state index contributed by atoms with van der Waals surface area (Å²) in [6.07, 6.45) is 9.36. The summed E-state index contributed by atoms with van der Waals surface area (Å²) in [4.78, 5) is 24.2. The van der Waals surface area contributed by atoms with Gasteiger partial charge in [0.2, 0.25) is 0 Å². The Labute approximate surface area is 145 Å². The second kappa shape index (κ2) is 4.84. The monoisotopic (exact) mass is 338 g/mol. The third kappa shape index (κ3) is 2.06. The van der Waals surface area contributed by atoms with Crippen molar-refractivity contribution in [3.05, 3.63) is 24.8 Å². The van der Waals surface area contributed by atoms with E-state index >= 15 is 0 Å². The number of esters is 1. The molecular weight excluding hydrogens is 316 g/mol. The van der Waals surface area contributed by atoms with Gasteiger partial charge in [-0.2, -0.15) is 0 Å². The summed E-state index contributed by atoms with van der Waals surface area (Å²) in [5, 5.41) is 1.12. The minimum Gasteiger partial charge on any atom is -0.465 e. The fourth-order valence-corrected chi connectivity index (χ4v) is 4.87. The number of pyridine rings is 1. The summed E-state index contributed by atoms with van der Waals surface area (Å²) >= 11 is 0. The van der Waals surface area contributed by atoms with Gasteiger partial charge in [-0.05, 0) is 36.7 Å². The van der Waals surface area contributed by atoms with Crippen LogP contribution in [-0.2, 0) is 15.1 Å². The number of hydrogen-bond acceptors (Lipinski definition) is 4. The lowest BCUT2D eigenvalue weighted by molar-refractivity contribution is -0.200. The molecule has 3 aromatic rings. The Bertz CT molecular complexity index is 964. The van der Waals surface area contributed by atoms with Crippen LogP contribution in [0.25, 0.3) is 22.1 Å². The quantitative estimate of drug-likeness (QED) is 0.724. The summed E-state index contributed by atoms with van der Waals surface area (Å²) in [7, 11) is 0. The van der Waals surface area contributed by atoms with Crippen LogP contribution in [0.2, 0.25) is 0 Å². The van der Waals surface area contributed by atoms with E-state index in [1.807, 2.05) is 18.7 Å². The van der Waals surface area contributed by atoms with E-state index in [0.29, 0.717) is 18.9 Å². The Morgan fingerprint density at radius 3 is 2.92 bits per heavy atom. The average Bonchev–Trinajstić information content (AvgIpc) is 3.12. The van der Waals surface area contributed by atoms with Gasteiger partial charge < -0.3 is 14.3 Å². The Kier molecular flexibility index (Phi) is 2.89. The van der Waals surface area contributed by atoms with Gasteiger partial charge in [-0.25, -0.2) is 9.97 Å². The van der Waals surface area contributed by atoms with Crippen LogP contribution in [0.3, 0.4) is 0 Å². The molecule has 2 bridgehead atoms. The first-order chi connectivity index (χ1) is 12.0. The molecule has 6 heteroatoms. The third-order valence-corrected chi connectivity index (χ3v) is 5.81. The molecule has 0 unspecified atom stereocenters. The van der Waals surface area contributed by atoms with E-state index in [0.717, 1.165) is 41.3 Å². The van der Waals surface area contributed by atoms with Gasteiger partial charge in [-0.1, -0.05) is 13.8 Å². The molecule has 0 aromatic carbocycles. The smallest absolute Gasteiger partial charge is 0.306 e. The molecule has 0 radical (unpaired) electrons. The maximum atomic E-state index is 12.1. The van der Waals surface area contributed by atoms with E-state index in [9.17, 15) is 4.79 Å². The van der Waals surface area contributed by atoms with Crippen LogP contribution in [-0.4, -0.2) is 32.1 Å². The van der Waals surface area contributed by atoms with Crippen molar-refractivity contribution in [2.75, 3.05) is 6.61 Å². The van der Waals surface area contributed by atoms with Gasteiger partial charge in [0.25, 0.3) is 0 Å². The van der Waals surface area contributed by atoms with Crippen molar-refractivity contribution in [1.82, 2.24) is 19.5 Å². The number of fused-ring (bicyclic) bond motifs is 3. The molecule has 3 aliphatic carbocycles. The maximum Gasteiger partial charge on any atom is 0.306 e. The summed E-state index contributed by atoms with van der Waals surface area (Å²) in [6.45, 7) is 4.64. The van der Waals surface area contributed by atoms with Crippen molar-refractivity contribution >= 4 is 28.0 Å². The van der Waals surface area contributed by atoms with Gasteiger partial charge in [0.15, 0.2) is 0 Å². The summed E-state index contributed by atoms with van der Waals surface area (Å²) in [5.74, 6) is 0.340. The van der Waals surface area contributed by atoms with E-state index in [2.05, 4.69) is 39.4 Å². The molecular formula is C19H22N4O2. The predicted octanol–water partition coefficient (Wildman–Crippen LogP) is 3.38. The number of ether oxygens (including phenoxy) is 1. The van der Waals surface area contributed by atoms with Gasteiger partial charge in [0, 0.05) is 17.1 Å². The van der Waals surface area contributed by atoms with Crippen molar-refractivity contribution in [2.45, 2.75) is 45.1 Å². The molecule has 0 aliphatic heterocycles. The van der Waals surface area contributed by atoms with E-state index in [1.165, 1.54) is 0 Å². The molecule has 3 heterocycles. The molecule has 25 heavy (non-hydrogen) atoms. The van der Waals surface area contributed by atoms with E-state index in [1.54, 1.807) is 0 Å². The molecule has 130 valence electrons. The van der Waals surface area contributed by atoms with E-state index < -0.39 is 0 Å². The first kappa shape index (κ1) is 14.9. The summed E-state index contributed by atoms with van der Waals surface area (Å²) in [6, 6.07) is 2.06. The van der Waals surface area contributed by atoms with Crippen LogP contribution in [0.4, 0.5) is 0 Å². The summed E-state index contributed by atoms with van der Waals surface area (Å²) < 4.78 is 7.69. The Hall–Kier alpha value is -2.37. The highest BCUT2D eigenvalue weighted by molar-refractivity contribution is 6.01. The largest absolute Gasteiger partial charge is 0.465 e. The van der Waals surface area contributed by atoms with Gasteiger partial charge in [0.05, 0.1) is 31.1 Å². The fourth-order valence-electron chi connectivity index (χ4n) is 4.87. The van der Waals surface area contributed by atoms with Crippen LogP contribution < -0.4 is 0 Å². The molecule has 0 amide bonds. The zero-order valence-corrected chi connectivity index (χ0v) is 14.6. The Balaban J connectivity index is 1.37. The van der Waals surface area contributed by atoms with Gasteiger partial charge in [0.1, 0.15) is 11.2 Å². The number of rotatable bonds is 5. The highest BCUT2D eigenvalue weighted by Gasteiger charge is 2.69. The number of H-pyrrole nitrogens is 1. The number of nitrogens with zero attached hydrogens (tertiary/aromatic N) is 3. The van der Waals surface area contributed by atoms with E-state index in [4.69, 9.17) is 4.74 Å². The standard InChI is InChI=1S/C19H22N4O2/c1-12(2)7-25-15(24)5-18-8-19(9-18,10-18)23-11-22-14-6-21-17-13(16(14)23)3-4-20-17/h3-4,6,11-12H,5,7-10H2,1-2H3,(H,20,21). The number of carbonyl (C=O) groups excluding carboxylic acids is 1. The Morgan fingerprint density at radius 2 is 2.16 bits per heavy atom. The molecule has 3 aliphatic rings. The zero-order valence-electron chi connectivity index (χ0n) is 14.6. The number of nitrogens with one attached hydrogen (secondary N) is 1. The number of carbonyl (C=O) groups is 1. The number of aromatic amines is 1. The fraction of sp³-hybridized carbons (Fsp3) is 0.526. The number of imidazole rings is 1. The Morgan fingerprint density at radius 1 is 1.36 bits per heavy atom. The molecule has 0 atom stereocenters. The topological polar surface area (TPSA) is 72.8 Å². The SMILES string of the molecule is CC(C)COC(=O)CC12CC(n3cnc4cnc5[nH]ccc5c43)(C1)C2. The second-order valence-electron chi connectivity index (χ2n) is 8.35. The lowest BCUT2D eigenvalue weighted by Crippen LogP contribution is -2.67. The molecule has 6 rings (SSSR count). The van der Waals surface area contributed by atoms with Crippen molar-refractivity contribution in [1.29, 1.82) is 0 Å². The zero-order chi connectivity index (χ0) is 17.2. The molecule has 3 saturated carbocycles. The third-order valence-electron chi connectivity index (χ3n) is 5.81. The van der Waals surface area contributed by atoms with Gasteiger partial charge in [-0.15, -0.1) is 0 Å². The van der Waals surface area contributed by atoms with Crippen molar-refractivity contribution in [2.24, 2.45) is 11.3 Å². The summed E-state index contributed by atoms with van der Waals surface area (Å²) in [5.41, 5.74) is 3.25. The minimum atomic E-state index is -0.0466. The van der Waals surface area contributed by atoms with Gasteiger partial charge >= 0.3 is 5.97 Å². The first-order valence-electron chi connectivity index (χ1n) is 8.96. The molecule has 0 spiro atoms. The lowest BCUT2D eigenvalue weighted by Gasteiger charge is -2.70. The average molecular weight is 338 g/mol. The van der Waals surface area contributed by atoms with Crippen LogP contribution in [0.5, 0.6) is 0 Å². The molecule has 0 saturated heterocycles. The lowest BCUT2D eigenvalue weighted by atomic mass is 9.38. The van der Waals surface area contributed by atoms with Crippen molar-refractivity contribution in [3.8, 4) is 0 Å². The molecule has 6 nitrogen and oxygen atoms in total. The second-order valence-corrected chi connectivity index (χ2v) is 8.35. The maximum absolute atomic E-state index is 12.1. The predicted molar refractivity (Wildman–Crippen MR) is 94.1 cm³/mol. The number of aromatic nitrogens is 4. The first-order valence-corrected chi connectivity index (χ1v) is 8.96. The molecule has 3 aromatic heterocycles. The highest BCUT2D eigenvalue weighted by atomic mass is 16.5. The molecule has 3 fully saturated rings. The van der Waals surface area contributed by atoms with E-state index in [-0.39, 0.29) is 16.9 Å². The molecule has 1 N–H and O–H groups in total. The normalized spacial score (nSPS) is 27.5.